The van der Waals surface area contributed by atoms with Crippen molar-refractivity contribution in [2.75, 3.05) is 6.54 Å². The van der Waals surface area contributed by atoms with E-state index in [0.717, 1.165) is 12.5 Å². The van der Waals surface area contributed by atoms with Crippen LogP contribution in [0.1, 0.15) is 51.4 Å². The molecule has 0 N–H and O–H groups in total. The molecule has 0 fully saturated rings. The van der Waals surface area contributed by atoms with Gasteiger partial charge in [0, 0.05) is 0 Å². The summed E-state index contributed by atoms with van der Waals surface area (Å²) < 4.78 is 0. The number of nitrogens with zero attached hydrogens (tertiary/aromatic N) is 1. The van der Waals surface area contributed by atoms with Gasteiger partial charge in [-0.15, -0.1) is 0 Å². The molecule has 0 aromatic rings. The van der Waals surface area contributed by atoms with E-state index < -0.39 is 7.42 Å². The first-order valence-corrected chi connectivity index (χ1v) is 10.4. The maximum Gasteiger partial charge on any atom is 0.237 e. The van der Waals surface area contributed by atoms with E-state index in [4.69, 9.17) is 22.2 Å². The minimum absolute atomic E-state index is 0.640. The largest absolute Gasteiger partial charge is 0.237 e. The fourth-order valence-electron chi connectivity index (χ4n) is 1.60. The Morgan fingerprint density at radius 2 is 1.38 bits per heavy atom. The fraction of sp³-hybridized carbons (Fsp3) is 0.909. The molecule has 2 nitrogen and oxygen atoms in total. The average Bonchev–Trinajstić information content (AvgIpc) is 2.25. The van der Waals surface area contributed by atoms with Crippen molar-refractivity contribution in [1.82, 2.24) is 0 Å². The van der Waals surface area contributed by atoms with Crippen LogP contribution < -0.4 is 0 Å². The van der Waals surface area contributed by atoms with E-state index in [1.165, 1.54) is 44.9 Å². The molecule has 0 spiro atoms. The Bertz CT molecular complexity index is 196. The van der Waals surface area contributed by atoms with Crippen molar-refractivity contribution in [3.8, 4) is 0 Å². The summed E-state index contributed by atoms with van der Waals surface area (Å²) in [4.78, 5) is 13.3. The van der Waals surface area contributed by atoms with Crippen molar-refractivity contribution in [3.63, 3.8) is 0 Å². The number of rotatable bonds is 11. The fourth-order valence-corrected chi connectivity index (χ4v) is 3.12. The Labute approximate surface area is 109 Å². The zero-order valence-corrected chi connectivity index (χ0v) is 12.4. The van der Waals surface area contributed by atoms with E-state index in [9.17, 15) is 4.79 Å². The molecule has 0 atom stereocenters. The van der Waals surface area contributed by atoms with Gasteiger partial charge < -0.3 is 0 Å². The Morgan fingerprint density at radius 3 is 1.88 bits per heavy atom. The number of isocyanates is 1. The van der Waals surface area contributed by atoms with Crippen molar-refractivity contribution in [1.29, 1.82) is 0 Å². The lowest BCUT2D eigenvalue weighted by molar-refractivity contribution is 0.558. The number of hydrogen-bond acceptors (Lipinski definition) is 2. The number of hydrogen-bond donors (Lipinski definition) is 0. The maximum atomic E-state index is 9.78. The molecular formula is C11H21Cl2NOSi. The van der Waals surface area contributed by atoms with Crippen LogP contribution in [-0.2, 0) is 4.79 Å². The third-order valence-electron chi connectivity index (χ3n) is 2.51. The molecule has 0 unspecified atom stereocenters. The SMILES string of the molecule is O=C=NCCCCCCCCCC[SiH](Cl)Cl. The summed E-state index contributed by atoms with van der Waals surface area (Å²) in [7, 11) is -1.35. The van der Waals surface area contributed by atoms with Gasteiger partial charge in [-0.2, -0.15) is 22.2 Å². The first-order chi connectivity index (χ1) is 7.77. The molecule has 0 radical (unpaired) electrons. The van der Waals surface area contributed by atoms with Gasteiger partial charge in [-0.05, 0) is 12.5 Å². The summed E-state index contributed by atoms with van der Waals surface area (Å²) in [5.41, 5.74) is 0. The summed E-state index contributed by atoms with van der Waals surface area (Å²) in [6.07, 6.45) is 11.3. The third kappa shape index (κ3) is 14.2. The summed E-state index contributed by atoms with van der Waals surface area (Å²) >= 11 is 11.5. The van der Waals surface area contributed by atoms with Crippen LogP contribution in [0.15, 0.2) is 4.99 Å². The third-order valence-corrected chi connectivity index (χ3v) is 4.66. The Balaban J connectivity index is 2.96. The minimum atomic E-state index is -1.35. The molecule has 0 aromatic carbocycles. The molecule has 5 heteroatoms. The average molecular weight is 282 g/mol. The predicted molar refractivity (Wildman–Crippen MR) is 73.6 cm³/mol. The highest BCUT2D eigenvalue weighted by atomic mass is 35.7. The van der Waals surface area contributed by atoms with E-state index >= 15 is 0 Å². The number of carbonyl (C=O) groups excluding carboxylic acids is 1. The molecule has 0 aliphatic heterocycles. The molecule has 94 valence electrons. The van der Waals surface area contributed by atoms with Gasteiger partial charge in [0.15, 0.2) is 0 Å². The smallest absolute Gasteiger partial charge is 0.211 e. The van der Waals surface area contributed by atoms with Gasteiger partial charge in [0.25, 0.3) is 0 Å². The molecule has 0 saturated heterocycles. The second-order valence-corrected chi connectivity index (χ2v) is 9.17. The first-order valence-electron chi connectivity index (χ1n) is 6.09. The summed E-state index contributed by atoms with van der Waals surface area (Å²) in [6, 6.07) is 1.05. The molecule has 0 aromatic heterocycles. The van der Waals surface area contributed by atoms with Gasteiger partial charge in [0.1, 0.15) is 0 Å². The molecule has 0 aliphatic carbocycles. The van der Waals surface area contributed by atoms with E-state index in [2.05, 4.69) is 4.99 Å². The van der Waals surface area contributed by atoms with Crippen LogP contribution in [0.5, 0.6) is 0 Å². The zero-order valence-electron chi connectivity index (χ0n) is 9.76. The Kier molecular flexibility index (Phi) is 13.4. The van der Waals surface area contributed by atoms with Crippen LogP contribution in [0.2, 0.25) is 6.04 Å². The van der Waals surface area contributed by atoms with E-state index in [1.807, 2.05) is 0 Å². The summed E-state index contributed by atoms with van der Waals surface area (Å²) in [6.45, 7) is 0.640. The van der Waals surface area contributed by atoms with Crippen molar-refractivity contribution < 1.29 is 4.79 Å². The van der Waals surface area contributed by atoms with E-state index in [0.29, 0.717) is 6.54 Å². The number of aliphatic imine (C=N–C) groups is 1. The zero-order chi connectivity index (χ0) is 12.1. The van der Waals surface area contributed by atoms with Crippen LogP contribution in [0.4, 0.5) is 0 Å². The minimum Gasteiger partial charge on any atom is -0.211 e. The highest BCUT2D eigenvalue weighted by molar-refractivity contribution is 7.33. The maximum absolute atomic E-state index is 9.78. The van der Waals surface area contributed by atoms with Crippen molar-refractivity contribution in [3.05, 3.63) is 0 Å². The van der Waals surface area contributed by atoms with Gasteiger partial charge >= 0.3 is 0 Å². The lowest BCUT2D eigenvalue weighted by atomic mass is 10.1. The van der Waals surface area contributed by atoms with Crippen LogP contribution >= 0.6 is 22.2 Å². The monoisotopic (exact) mass is 281 g/mol. The quantitative estimate of drug-likeness (QED) is 0.184. The van der Waals surface area contributed by atoms with Gasteiger partial charge in [-0.3, -0.25) is 0 Å². The predicted octanol–water partition coefficient (Wildman–Crippen LogP) is 4.14. The first kappa shape index (κ1) is 16.2. The standard InChI is InChI=1S/C11H21Cl2NOSi/c12-16(13)10-8-6-4-2-1-3-5-7-9-14-11-15/h16H,1-10H2. The van der Waals surface area contributed by atoms with Gasteiger partial charge in [0.05, 0.1) is 6.54 Å². The van der Waals surface area contributed by atoms with Crippen LogP contribution in [-0.4, -0.2) is 20.0 Å². The van der Waals surface area contributed by atoms with Crippen molar-refractivity contribution in [2.45, 2.75) is 57.4 Å². The van der Waals surface area contributed by atoms with E-state index in [-0.39, 0.29) is 0 Å². The molecule has 0 aliphatic rings. The van der Waals surface area contributed by atoms with Crippen LogP contribution in [0.3, 0.4) is 0 Å². The Morgan fingerprint density at radius 1 is 0.875 bits per heavy atom. The molecule has 0 rings (SSSR count). The van der Waals surface area contributed by atoms with Crippen LogP contribution in [0.25, 0.3) is 0 Å². The van der Waals surface area contributed by atoms with Crippen LogP contribution in [0, 0.1) is 0 Å². The van der Waals surface area contributed by atoms with Crippen molar-refractivity contribution in [2.24, 2.45) is 4.99 Å². The van der Waals surface area contributed by atoms with Gasteiger partial charge in [-0.1, -0.05) is 44.9 Å². The van der Waals surface area contributed by atoms with Gasteiger partial charge in [0.2, 0.25) is 13.5 Å². The molecule has 0 bridgehead atoms. The second-order valence-electron chi connectivity index (χ2n) is 3.98. The normalized spacial score (nSPS) is 10.4. The molecule has 0 saturated carbocycles. The second kappa shape index (κ2) is 13.2. The molecular weight excluding hydrogens is 261 g/mol. The van der Waals surface area contributed by atoms with Gasteiger partial charge in [-0.25, -0.2) is 9.79 Å². The van der Waals surface area contributed by atoms with Crippen molar-refractivity contribution >= 4 is 35.7 Å². The molecule has 0 amide bonds. The summed E-state index contributed by atoms with van der Waals surface area (Å²) in [5, 5.41) is 0. The Hall–Kier alpha value is 0.177. The highest BCUT2D eigenvalue weighted by Crippen LogP contribution is 2.13. The lowest BCUT2D eigenvalue weighted by Gasteiger charge is -2.01. The molecule has 0 heterocycles. The summed E-state index contributed by atoms with van der Waals surface area (Å²) in [5.74, 6) is 0. The topological polar surface area (TPSA) is 29.4 Å². The molecule has 16 heavy (non-hydrogen) atoms. The number of unbranched alkanes of at least 4 members (excludes halogenated alkanes) is 7. The van der Waals surface area contributed by atoms with E-state index in [1.54, 1.807) is 6.08 Å². The number of halogens is 2. The lowest BCUT2D eigenvalue weighted by Crippen LogP contribution is -1.91. The highest BCUT2D eigenvalue weighted by Gasteiger charge is 2.00.